The van der Waals surface area contributed by atoms with Gasteiger partial charge in [0.25, 0.3) is 0 Å². The molecule has 2 nitrogen and oxygen atoms in total. The second-order valence-electron chi connectivity index (χ2n) is 5.14. The van der Waals surface area contributed by atoms with Gasteiger partial charge in [-0.25, -0.2) is 8.78 Å². The highest BCUT2D eigenvalue weighted by molar-refractivity contribution is 5.22. The van der Waals surface area contributed by atoms with Crippen LogP contribution in [0.3, 0.4) is 0 Å². The average molecular weight is 290 g/mol. The van der Waals surface area contributed by atoms with E-state index in [4.69, 9.17) is 5.73 Å². The zero-order valence-corrected chi connectivity index (χ0v) is 12.1. The van der Waals surface area contributed by atoms with E-state index in [0.717, 1.165) is 19.0 Å². The lowest BCUT2D eigenvalue weighted by atomic mass is 10.0. The monoisotopic (exact) mass is 290 g/mol. The van der Waals surface area contributed by atoms with Crippen molar-refractivity contribution in [2.75, 3.05) is 20.1 Å². The second kappa shape index (κ2) is 7.29. The maximum Gasteiger partial charge on any atom is 0.159 e. The molecule has 0 aliphatic rings. The third-order valence-electron chi connectivity index (χ3n) is 3.68. The van der Waals surface area contributed by atoms with E-state index in [1.54, 1.807) is 6.07 Å². The van der Waals surface area contributed by atoms with Crippen LogP contribution in [-0.4, -0.2) is 25.0 Å². The van der Waals surface area contributed by atoms with E-state index in [9.17, 15) is 8.78 Å². The molecule has 0 amide bonds. The molecule has 4 heteroatoms. The van der Waals surface area contributed by atoms with Gasteiger partial charge in [0.15, 0.2) is 11.6 Å². The number of hydrogen-bond acceptors (Lipinski definition) is 2. The summed E-state index contributed by atoms with van der Waals surface area (Å²) >= 11 is 0. The van der Waals surface area contributed by atoms with Gasteiger partial charge in [-0.15, -0.1) is 0 Å². The first-order chi connectivity index (χ1) is 10.1. The maximum absolute atomic E-state index is 13.4. The third-order valence-corrected chi connectivity index (χ3v) is 3.68. The van der Waals surface area contributed by atoms with Gasteiger partial charge in [-0.2, -0.15) is 0 Å². The van der Waals surface area contributed by atoms with Gasteiger partial charge in [0.1, 0.15) is 0 Å². The molecule has 0 aliphatic carbocycles. The fourth-order valence-electron chi connectivity index (χ4n) is 2.40. The predicted octanol–water partition coefficient (Wildman–Crippen LogP) is 3.14. The minimum absolute atomic E-state index is 0.121. The Hall–Kier alpha value is -1.78. The Bertz CT molecular complexity index is 572. The Kier molecular flexibility index (Phi) is 5.42. The molecule has 112 valence electrons. The minimum atomic E-state index is -0.832. The smallest absolute Gasteiger partial charge is 0.159 e. The summed E-state index contributed by atoms with van der Waals surface area (Å²) in [6.07, 6.45) is 0.886. The summed E-state index contributed by atoms with van der Waals surface area (Å²) < 4.78 is 26.4. The van der Waals surface area contributed by atoms with E-state index < -0.39 is 11.6 Å². The van der Waals surface area contributed by atoms with Gasteiger partial charge >= 0.3 is 0 Å². The average Bonchev–Trinajstić information content (AvgIpc) is 2.50. The highest BCUT2D eigenvalue weighted by Gasteiger charge is 2.17. The Labute approximate surface area is 124 Å². The molecule has 21 heavy (non-hydrogen) atoms. The van der Waals surface area contributed by atoms with E-state index in [-0.39, 0.29) is 6.04 Å². The van der Waals surface area contributed by atoms with E-state index in [1.165, 1.54) is 11.6 Å². The predicted molar refractivity (Wildman–Crippen MR) is 80.9 cm³/mol. The van der Waals surface area contributed by atoms with Crippen LogP contribution in [0.4, 0.5) is 8.78 Å². The highest BCUT2D eigenvalue weighted by Crippen LogP contribution is 2.20. The highest BCUT2D eigenvalue weighted by atomic mass is 19.2. The maximum atomic E-state index is 13.4. The van der Waals surface area contributed by atoms with E-state index in [0.29, 0.717) is 12.1 Å². The Morgan fingerprint density at radius 1 is 1.05 bits per heavy atom. The van der Waals surface area contributed by atoms with E-state index in [1.807, 2.05) is 25.2 Å². The molecular weight excluding hydrogens is 270 g/mol. The van der Waals surface area contributed by atoms with Crippen LogP contribution >= 0.6 is 0 Å². The summed E-state index contributed by atoms with van der Waals surface area (Å²) in [5.74, 6) is -1.66. The minimum Gasteiger partial charge on any atom is -0.329 e. The summed E-state index contributed by atoms with van der Waals surface area (Å²) in [5, 5.41) is 0. The number of nitrogens with zero attached hydrogens (tertiary/aromatic N) is 1. The molecule has 0 aliphatic heterocycles. The lowest BCUT2D eigenvalue weighted by molar-refractivity contribution is 0.252. The van der Waals surface area contributed by atoms with Gasteiger partial charge < -0.3 is 5.73 Å². The molecule has 0 bridgehead atoms. The van der Waals surface area contributed by atoms with Crippen molar-refractivity contribution in [2.45, 2.75) is 12.5 Å². The van der Waals surface area contributed by atoms with Crippen molar-refractivity contribution < 1.29 is 8.78 Å². The van der Waals surface area contributed by atoms with Crippen molar-refractivity contribution in [3.05, 3.63) is 71.3 Å². The van der Waals surface area contributed by atoms with Gasteiger partial charge in [-0.3, -0.25) is 4.90 Å². The van der Waals surface area contributed by atoms with Crippen molar-refractivity contribution >= 4 is 0 Å². The first kappa shape index (κ1) is 15.6. The zero-order valence-electron chi connectivity index (χ0n) is 12.1. The molecule has 2 N–H and O–H groups in total. The zero-order chi connectivity index (χ0) is 15.2. The van der Waals surface area contributed by atoms with Crippen LogP contribution in [0.5, 0.6) is 0 Å². The number of nitrogens with two attached hydrogens (primary N) is 1. The molecule has 0 heterocycles. The van der Waals surface area contributed by atoms with Crippen LogP contribution < -0.4 is 5.73 Å². The van der Waals surface area contributed by atoms with Crippen molar-refractivity contribution in [1.82, 2.24) is 4.90 Å². The first-order valence-electron chi connectivity index (χ1n) is 7.01. The van der Waals surface area contributed by atoms with Gasteiger partial charge in [0.05, 0.1) is 0 Å². The van der Waals surface area contributed by atoms with Crippen molar-refractivity contribution in [2.24, 2.45) is 5.73 Å². The lowest BCUT2D eigenvalue weighted by Crippen LogP contribution is -2.32. The van der Waals surface area contributed by atoms with Gasteiger partial charge in [0, 0.05) is 19.1 Å². The summed E-state index contributed by atoms with van der Waals surface area (Å²) in [7, 11) is 1.95. The fourth-order valence-corrected chi connectivity index (χ4v) is 2.40. The Morgan fingerprint density at radius 3 is 2.38 bits per heavy atom. The molecule has 2 aromatic rings. The van der Waals surface area contributed by atoms with Crippen LogP contribution in [0.15, 0.2) is 48.5 Å². The standard InChI is InChI=1S/C17H20F2N2/c1-21(10-9-13-5-3-2-4-6-13)17(12-20)14-7-8-15(18)16(19)11-14/h2-8,11,17H,9-10,12,20H2,1H3. The fraction of sp³-hybridized carbons (Fsp3) is 0.294. The topological polar surface area (TPSA) is 29.3 Å². The number of halogens is 2. The number of benzene rings is 2. The molecule has 0 aromatic heterocycles. The number of hydrogen-bond donors (Lipinski definition) is 1. The molecule has 2 rings (SSSR count). The van der Waals surface area contributed by atoms with Gasteiger partial charge in [-0.05, 0) is 36.7 Å². The summed E-state index contributed by atoms with van der Waals surface area (Å²) in [4.78, 5) is 2.07. The molecule has 1 unspecified atom stereocenters. The third kappa shape index (κ3) is 4.09. The van der Waals surface area contributed by atoms with Gasteiger partial charge in [0.2, 0.25) is 0 Å². The quantitative estimate of drug-likeness (QED) is 0.885. The first-order valence-corrected chi connectivity index (χ1v) is 7.01. The van der Waals surface area contributed by atoms with Crippen LogP contribution in [0.1, 0.15) is 17.2 Å². The molecule has 0 spiro atoms. The Morgan fingerprint density at radius 2 is 1.76 bits per heavy atom. The van der Waals surface area contributed by atoms with E-state index >= 15 is 0 Å². The van der Waals surface area contributed by atoms with Crippen molar-refractivity contribution in [3.63, 3.8) is 0 Å². The lowest BCUT2D eigenvalue weighted by Gasteiger charge is -2.27. The Balaban J connectivity index is 2.04. The summed E-state index contributed by atoms with van der Waals surface area (Å²) in [6, 6.07) is 14.0. The van der Waals surface area contributed by atoms with Crippen LogP contribution in [0.2, 0.25) is 0 Å². The SMILES string of the molecule is CN(CCc1ccccc1)C(CN)c1ccc(F)c(F)c1. The normalized spacial score (nSPS) is 12.6. The van der Waals surface area contributed by atoms with Crippen LogP contribution in [0.25, 0.3) is 0 Å². The van der Waals surface area contributed by atoms with Gasteiger partial charge in [-0.1, -0.05) is 36.4 Å². The van der Waals surface area contributed by atoms with Crippen LogP contribution in [-0.2, 0) is 6.42 Å². The molecule has 0 saturated heterocycles. The van der Waals surface area contributed by atoms with Crippen LogP contribution in [0, 0.1) is 11.6 Å². The molecule has 1 atom stereocenters. The van der Waals surface area contributed by atoms with E-state index in [2.05, 4.69) is 17.0 Å². The van der Waals surface area contributed by atoms with Crippen molar-refractivity contribution in [3.8, 4) is 0 Å². The van der Waals surface area contributed by atoms with Crippen molar-refractivity contribution in [1.29, 1.82) is 0 Å². The second-order valence-corrected chi connectivity index (χ2v) is 5.14. The molecule has 0 fully saturated rings. The molecule has 2 aromatic carbocycles. The number of rotatable bonds is 6. The molecule has 0 radical (unpaired) electrons. The largest absolute Gasteiger partial charge is 0.329 e. The summed E-state index contributed by atoms with van der Waals surface area (Å²) in [6.45, 7) is 1.15. The molecular formula is C17H20F2N2. The number of likely N-dealkylation sites (N-methyl/N-ethyl adjacent to an activating group) is 1. The summed E-state index contributed by atoms with van der Waals surface area (Å²) in [5.41, 5.74) is 7.75. The molecule has 0 saturated carbocycles.